The number of aliphatic hydroxyl groups is 1. The van der Waals surface area contributed by atoms with Crippen molar-refractivity contribution in [1.82, 2.24) is 0 Å². The monoisotopic (exact) mass is 146 g/mol. The van der Waals surface area contributed by atoms with E-state index in [1.165, 1.54) is 0 Å². The molecule has 6 heteroatoms. The Morgan fingerprint density at radius 3 is 2.00 bits per heavy atom. The normalized spacial score (nSPS) is 12.0. The lowest BCUT2D eigenvalue weighted by atomic mass is 10.8. The maximum atomic E-state index is 11.0. The van der Waals surface area contributed by atoms with Crippen LogP contribution in [0.25, 0.3) is 0 Å². The van der Waals surface area contributed by atoms with Crippen molar-refractivity contribution in [1.29, 1.82) is 0 Å². The van der Waals surface area contributed by atoms with Crippen molar-refractivity contribution < 1.29 is 21.9 Å². The summed E-state index contributed by atoms with van der Waals surface area (Å²) in [6.45, 7) is -1.21. The molecule has 50 valence electrons. The number of rotatable bonds is 3. The summed E-state index contributed by atoms with van der Waals surface area (Å²) in [4.78, 5) is 0. The van der Waals surface area contributed by atoms with Gasteiger partial charge in [-0.15, -0.1) is 0 Å². The Balaban J connectivity index is 3.11. The first-order chi connectivity index (χ1) is 3.56. The maximum absolute atomic E-state index is 11.0. The molecule has 0 spiro atoms. The molecule has 0 fully saturated rings. The zero-order valence-electron chi connectivity index (χ0n) is 3.90. The van der Waals surface area contributed by atoms with Crippen LogP contribution in [-0.2, 0) is 4.43 Å². The smallest absolute Gasteiger partial charge is 0.394 e. The van der Waals surface area contributed by atoms with E-state index in [1.54, 1.807) is 0 Å². The van der Waals surface area contributed by atoms with E-state index in [2.05, 4.69) is 4.43 Å². The number of aliphatic hydroxyl groups excluding tert-OH is 1. The summed E-state index contributed by atoms with van der Waals surface area (Å²) < 4.78 is 36.4. The van der Waals surface area contributed by atoms with Gasteiger partial charge in [-0.3, -0.25) is 0 Å². The van der Waals surface area contributed by atoms with Crippen LogP contribution in [0.1, 0.15) is 0 Å². The Kier molecular flexibility index (Phi) is 3.03. The molecular weight excluding hydrogens is 141 g/mol. The van der Waals surface area contributed by atoms with Crippen molar-refractivity contribution in [3.8, 4) is 0 Å². The lowest BCUT2D eigenvalue weighted by Crippen LogP contribution is -2.22. The van der Waals surface area contributed by atoms with Crippen molar-refractivity contribution in [2.24, 2.45) is 0 Å². The van der Waals surface area contributed by atoms with Crippen LogP contribution in [0.15, 0.2) is 0 Å². The van der Waals surface area contributed by atoms with Crippen LogP contribution in [-0.4, -0.2) is 27.6 Å². The van der Waals surface area contributed by atoms with E-state index in [1.807, 2.05) is 0 Å². The first kappa shape index (κ1) is 7.93. The molecule has 0 radical (unpaired) electrons. The van der Waals surface area contributed by atoms with Crippen LogP contribution >= 0.6 is 0 Å². The minimum absolute atomic E-state index is 0.577. The Labute approximate surface area is 45.5 Å². The molecular formula is C2H5F3O2Si. The van der Waals surface area contributed by atoms with Gasteiger partial charge in [-0.2, -0.15) is 0 Å². The largest absolute Gasteiger partial charge is 0.802 e. The highest BCUT2D eigenvalue weighted by Gasteiger charge is 2.41. The highest BCUT2D eigenvalue weighted by molar-refractivity contribution is 6.51. The lowest BCUT2D eigenvalue weighted by Gasteiger charge is -1.99. The van der Waals surface area contributed by atoms with E-state index in [0.29, 0.717) is 0 Å². The van der Waals surface area contributed by atoms with Gasteiger partial charge < -0.3 is 9.53 Å². The molecule has 0 saturated carbocycles. The van der Waals surface area contributed by atoms with Gasteiger partial charge >= 0.3 is 9.32 Å². The van der Waals surface area contributed by atoms with Gasteiger partial charge in [0.1, 0.15) is 0 Å². The zero-order chi connectivity index (χ0) is 6.62. The predicted octanol–water partition coefficient (Wildman–Crippen LogP) is 0.339. The summed E-state index contributed by atoms with van der Waals surface area (Å²) in [7, 11) is -5.84. The highest BCUT2D eigenvalue weighted by atomic mass is 28.5. The second-order valence-electron chi connectivity index (χ2n) is 1.02. The first-order valence-corrected chi connectivity index (χ1v) is 3.42. The Hall–Kier alpha value is -0.0731. The Morgan fingerprint density at radius 2 is 1.88 bits per heavy atom. The number of hydrogen-bond acceptors (Lipinski definition) is 2. The molecule has 0 rings (SSSR count). The fraction of sp³-hybridized carbons (Fsp3) is 1.00. The summed E-state index contributed by atoms with van der Waals surface area (Å²) in [5, 5.41) is 7.83. The number of halogens is 3. The van der Waals surface area contributed by atoms with Gasteiger partial charge in [0, 0.05) is 0 Å². The molecule has 0 aliphatic carbocycles. The van der Waals surface area contributed by atoms with Gasteiger partial charge in [0.15, 0.2) is 0 Å². The SMILES string of the molecule is OCCO[Si](F)(F)F. The average molecular weight is 146 g/mol. The first-order valence-electron chi connectivity index (χ1n) is 1.88. The van der Waals surface area contributed by atoms with Crippen LogP contribution in [0.4, 0.5) is 12.3 Å². The molecule has 8 heavy (non-hydrogen) atoms. The topological polar surface area (TPSA) is 29.5 Å². The summed E-state index contributed by atoms with van der Waals surface area (Å²) >= 11 is 0. The van der Waals surface area contributed by atoms with Crippen LogP contribution in [0.5, 0.6) is 0 Å². The second-order valence-corrected chi connectivity index (χ2v) is 2.20. The molecule has 0 amide bonds. The van der Waals surface area contributed by atoms with E-state index < -0.39 is 22.5 Å². The van der Waals surface area contributed by atoms with Crippen molar-refractivity contribution in [2.75, 3.05) is 13.2 Å². The third-order valence-electron chi connectivity index (χ3n) is 0.357. The van der Waals surface area contributed by atoms with Crippen molar-refractivity contribution in [2.45, 2.75) is 0 Å². The Morgan fingerprint density at radius 1 is 1.38 bits per heavy atom. The van der Waals surface area contributed by atoms with Crippen LogP contribution in [0.3, 0.4) is 0 Å². The minimum atomic E-state index is -5.84. The summed E-state index contributed by atoms with van der Waals surface area (Å²) in [6, 6.07) is 0. The lowest BCUT2D eigenvalue weighted by molar-refractivity contribution is 0.131. The fourth-order valence-electron chi connectivity index (χ4n) is 0.161. The van der Waals surface area contributed by atoms with Gasteiger partial charge in [-0.25, -0.2) is 12.3 Å². The van der Waals surface area contributed by atoms with Crippen LogP contribution in [0.2, 0.25) is 0 Å². The molecule has 0 heterocycles. The van der Waals surface area contributed by atoms with Gasteiger partial charge in [0.05, 0.1) is 13.2 Å². The molecule has 0 aromatic heterocycles. The molecule has 0 aliphatic heterocycles. The highest BCUT2D eigenvalue weighted by Crippen LogP contribution is 2.08. The van der Waals surface area contributed by atoms with Crippen LogP contribution in [0, 0.1) is 0 Å². The van der Waals surface area contributed by atoms with E-state index >= 15 is 0 Å². The molecule has 0 bridgehead atoms. The Bertz CT molecular complexity index is 62.8. The van der Waals surface area contributed by atoms with Crippen molar-refractivity contribution in [3.05, 3.63) is 0 Å². The van der Waals surface area contributed by atoms with Gasteiger partial charge in [0.2, 0.25) is 0 Å². The predicted molar refractivity (Wildman–Crippen MR) is 22.1 cm³/mol. The third kappa shape index (κ3) is 5.93. The molecule has 0 aromatic rings. The van der Waals surface area contributed by atoms with Crippen molar-refractivity contribution >= 4 is 9.32 Å². The van der Waals surface area contributed by atoms with E-state index in [-0.39, 0.29) is 0 Å². The molecule has 0 unspecified atom stereocenters. The van der Waals surface area contributed by atoms with Gasteiger partial charge in [0.25, 0.3) is 0 Å². The quantitative estimate of drug-likeness (QED) is 0.459. The molecule has 1 N–H and O–H groups in total. The molecule has 0 atom stereocenters. The fourth-order valence-corrected chi connectivity index (χ4v) is 0.484. The molecule has 0 aromatic carbocycles. The van der Waals surface area contributed by atoms with Crippen LogP contribution < -0.4 is 0 Å². The van der Waals surface area contributed by atoms with Gasteiger partial charge in [-0.05, 0) is 0 Å². The minimum Gasteiger partial charge on any atom is -0.394 e. The average Bonchev–Trinajstić information content (AvgIpc) is 1.59. The summed E-state index contributed by atoms with van der Waals surface area (Å²) in [6.07, 6.45) is 0. The second kappa shape index (κ2) is 3.05. The van der Waals surface area contributed by atoms with E-state index in [4.69, 9.17) is 5.11 Å². The molecule has 0 saturated heterocycles. The zero-order valence-corrected chi connectivity index (χ0v) is 4.90. The maximum Gasteiger partial charge on any atom is 0.802 e. The third-order valence-corrected chi connectivity index (χ3v) is 0.888. The molecule has 0 aliphatic rings. The van der Waals surface area contributed by atoms with Crippen molar-refractivity contribution in [3.63, 3.8) is 0 Å². The number of hydrogen-bond donors (Lipinski definition) is 1. The standard InChI is InChI=1S/C2H5F3O2Si/c3-8(4,5)7-2-1-6/h6H,1-2H2. The molecule has 2 nitrogen and oxygen atoms in total. The van der Waals surface area contributed by atoms with E-state index in [9.17, 15) is 12.3 Å². The van der Waals surface area contributed by atoms with E-state index in [0.717, 1.165) is 0 Å². The van der Waals surface area contributed by atoms with Gasteiger partial charge in [-0.1, -0.05) is 0 Å². The summed E-state index contributed by atoms with van der Waals surface area (Å²) in [5.41, 5.74) is 0. The summed E-state index contributed by atoms with van der Waals surface area (Å²) in [5.74, 6) is 0.